The molecule has 2 rings (SSSR count). The highest BCUT2D eigenvalue weighted by Crippen LogP contribution is 2.19. The number of nitrogens with one attached hydrogen (secondary N) is 5. The van der Waals surface area contributed by atoms with Crippen molar-refractivity contribution >= 4 is 40.5 Å². The maximum Gasteiger partial charge on any atom is 0.326 e. The zero-order valence-corrected chi connectivity index (χ0v) is 26.3. The Labute approximate surface area is 258 Å². The summed E-state index contributed by atoms with van der Waals surface area (Å²) in [4.78, 5) is 67.2. The second-order valence-electron chi connectivity index (χ2n) is 12.4. The lowest BCUT2D eigenvalue weighted by Gasteiger charge is -2.28. The van der Waals surface area contributed by atoms with E-state index >= 15 is 0 Å². The van der Waals surface area contributed by atoms with E-state index in [0.29, 0.717) is 0 Å². The van der Waals surface area contributed by atoms with Crippen molar-refractivity contribution in [3.05, 3.63) is 36.0 Å². The predicted molar refractivity (Wildman–Crippen MR) is 166 cm³/mol. The van der Waals surface area contributed by atoms with Crippen molar-refractivity contribution in [2.24, 2.45) is 23.5 Å². The van der Waals surface area contributed by atoms with Crippen LogP contribution in [0, 0.1) is 17.8 Å². The molecular weight excluding hydrogens is 568 g/mol. The topological polar surface area (TPSA) is 216 Å². The maximum atomic E-state index is 13.3. The summed E-state index contributed by atoms with van der Waals surface area (Å²) in [5, 5.41) is 30.6. The Bertz CT molecular complexity index is 1290. The molecule has 9 N–H and O–H groups in total. The van der Waals surface area contributed by atoms with Gasteiger partial charge in [0.05, 0.1) is 12.6 Å². The van der Waals surface area contributed by atoms with Crippen LogP contribution < -0.4 is 27.0 Å². The van der Waals surface area contributed by atoms with Crippen molar-refractivity contribution in [3.8, 4) is 0 Å². The first kappa shape index (κ1) is 36.2. The lowest BCUT2D eigenvalue weighted by molar-refractivity contribution is -0.143. The average molecular weight is 617 g/mol. The van der Waals surface area contributed by atoms with Crippen molar-refractivity contribution in [1.82, 2.24) is 26.3 Å². The molecule has 0 aliphatic heterocycles. The minimum absolute atomic E-state index is 0.0121. The monoisotopic (exact) mass is 616 g/mol. The minimum Gasteiger partial charge on any atom is -0.480 e. The number of aromatic amines is 1. The number of rotatable bonds is 17. The second-order valence-corrected chi connectivity index (χ2v) is 12.4. The van der Waals surface area contributed by atoms with Crippen LogP contribution in [0.4, 0.5) is 0 Å². The smallest absolute Gasteiger partial charge is 0.326 e. The highest BCUT2D eigenvalue weighted by molar-refractivity contribution is 5.95. The summed E-state index contributed by atoms with van der Waals surface area (Å²) in [5.74, 6) is -4.38. The molecule has 0 saturated heterocycles. The lowest BCUT2D eigenvalue weighted by Crippen LogP contribution is -2.60. The van der Waals surface area contributed by atoms with Crippen LogP contribution in [0.15, 0.2) is 30.5 Å². The number of nitrogens with two attached hydrogens (primary N) is 1. The quantitative estimate of drug-likeness (QED) is 0.127. The van der Waals surface area contributed by atoms with Crippen molar-refractivity contribution in [3.63, 3.8) is 0 Å². The molecule has 0 aliphatic carbocycles. The van der Waals surface area contributed by atoms with Crippen LogP contribution in [-0.4, -0.2) is 81.6 Å². The van der Waals surface area contributed by atoms with E-state index in [1.54, 1.807) is 20.0 Å². The molecule has 44 heavy (non-hydrogen) atoms. The zero-order valence-electron chi connectivity index (χ0n) is 26.3. The molecule has 1 aromatic carbocycles. The van der Waals surface area contributed by atoms with Gasteiger partial charge in [0.1, 0.15) is 24.2 Å². The molecule has 244 valence electrons. The molecule has 2 aromatic rings. The molecule has 4 amide bonds. The Morgan fingerprint density at radius 3 is 1.89 bits per heavy atom. The number of amides is 4. The highest BCUT2D eigenvalue weighted by Gasteiger charge is 2.33. The van der Waals surface area contributed by atoms with E-state index in [-0.39, 0.29) is 31.1 Å². The molecule has 0 radical (unpaired) electrons. The summed E-state index contributed by atoms with van der Waals surface area (Å²) in [6, 6.07) is 1.86. The van der Waals surface area contributed by atoms with Crippen LogP contribution in [0.1, 0.15) is 59.9 Å². The molecule has 1 heterocycles. The third kappa shape index (κ3) is 10.6. The summed E-state index contributed by atoms with van der Waals surface area (Å²) in [6.07, 6.45) is 2.40. The number of carboxylic acids is 1. The summed E-state index contributed by atoms with van der Waals surface area (Å²) >= 11 is 0. The van der Waals surface area contributed by atoms with Crippen molar-refractivity contribution in [2.45, 2.75) is 91.0 Å². The largest absolute Gasteiger partial charge is 0.480 e. The van der Waals surface area contributed by atoms with Crippen LogP contribution in [-0.2, 0) is 30.4 Å². The Balaban J connectivity index is 2.08. The molecule has 13 heteroatoms. The van der Waals surface area contributed by atoms with Crippen LogP contribution in [0.5, 0.6) is 0 Å². The number of carbonyl (C=O) groups is 5. The standard InChI is InChI=1S/C31H48N6O7/c1-16(2)11-23(28(40)35-24(31(43)44)12-17(3)4)34-30(42)26(18(5)6)37-29(41)25(15-38)36-27(39)21(32)13-19-14-33-22-10-8-7-9-20(19)22/h7-10,14,16-18,21,23-26,33,38H,11-13,15,32H2,1-6H3,(H,34,42)(H,35,40)(H,36,39)(H,37,41)(H,43,44)/t21-,23-,24-,25-,26-/m0/s1. The zero-order chi connectivity index (χ0) is 33.1. The average Bonchev–Trinajstić information content (AvgIpc) is 3.35. The predicted octanol–water partition coefficient (Wildman–Crippen LogP) is 0.802. The van der Waals surface area contributed by atoms with E-state index < -0.39 is 72.3 Å². The number of aliphatic carboxylic acids is 1. The molecule has 1 aromatic heterocycles. The van der Waals surface area contributed by atoms with Gasteiger partial charge < -0.3 is 42.2 Å². The Morgan fingerprint density at radius 2 is 1.32 bits per heavy atom. The summed E-state index contributed by atoms with van der Waals surface area (Å²) < 4.78 is 0. The van der Waals surface area contributed by atoms with Gasteiger partial charge in [-0.25, -0.2) is 4.79 Å². The first-order valence-corrected chi connectivity index (χ1v) is 15.0. The van der Waals surface area contributed by atoms with Gasteiger partial charge in [-0.2, -0.15) is 0 Å². The molecule has 0 unspecified atom stereocenters. The van der Waals surface area contributed by atoms with E-state index in [1.807, 2.05) is 52.0 Å². The van der Waals surface area contributed by atoms with Crippen molar-refractivity contribution in [1.29, 1.82) is 0 Å². The molecule has 0 aliphatic rings. The number of aliphatic hydroxyl groups is 1. The number of hydrogen-bond acceptors (Lipinski definition) is 7. The van der Waals surface area contributed by atoms with E-state index in [2.05, 4.69) is 26.3 Å². The van der Waals surface area contributed by atoms with Gasteiger partial charge in [-0.3, -0.25) is 19.2 Å². The molecular formula is C31H48N6O7. The van der Waals surface area contributed by atoms with Gasteiger partial charge in [0, 0.05) is 17.1 Å². The van der Waals surface area contributed by atoms with E-state index in [9.17, 15) is 34.2 Å². The first-order chi connectivity index (χ1) is 20.6. The number of carboxylic acid groups (broad SMARTS) is 1. The lowest BCUT2D eigenvalue weighted by atomic mass is 9.98. The third-order valence-corrected chi connectivity index (χ3v) is 7.18. The van der Waals surface area contributed by atoms with Crippen LogP contribution in [0.2, 0.25) is 0 Å². The van der Waals surface area contributed by atoms with Gasteiger partial charge in [-0.15, -0.1) is 0 Å². The summed E-state index contributed by atoms with van der Waals surface area (Å²) in [5.41, 5.74) is 7.84. The first-order valence-electron chi connectivity index (χ1n) is 15.0. The Hall–Kier alpha value is -3.97. The van der Waals surface area contributed by atoms with Crippen molar-refractivity contribution < 1.29 is 34.2 Å². The molecule has 13 nitrogen and oxygen atoms in total. The SMILES string of the molecule is CC(C)C[C@H](NC(=O)[C@H](CC(C)C)NC(=O)[C@@H](NC(=O)[C@H](CO)NC(=O)[C@@H](N)Cc1c[nH]c2ccccc12)C(C)C)C(=O)O. The molecule has 0 fully saturated rings. The maximum absolute atomic E-state index is 13.3. The van der Waals surface area contributed by atoms with Crippen molar-refractivity contribution in [2.75, 3.05) is 6.61 Å². The Kier molecular flexibility index (Phi) is 13.8. The fraction of sp³-hybridized carbons (Fsp3) is 0.581. The van der Waals surface area contributed by atoms with Crippen LogP contribution in [0.3, 0.4) is 0 Å². The fourth-order valence-electron chi connectivity index (χ4n) is 4.82. The van der Waals surface area contributed by atoms with Crippen LogP contribution in [0.25, 0.3) is 10.9 Å². The highest BCUT2D eigenvalue weighted by atomic mass is 16.4. The van der Waals surface area contributed by atoms with Crippen LogP contribution >= 0.6 is 0 Å². The van der Waals surface area contributed by atoms with Gasteiger partial charge in [0.25, 0.3) is 0 Å². The number of aliphatic hydroxyl groups excluding tert-OH is 1. The van der Waals surface area contributed by atoms with Gasteiger partial charge in [-0.05, 0) is 48.6 Å². The number of aromatic nitrogens is 1. The molecule has 0 saturated carbocycles. The minimum atomic E-state index is -1.38. The number of para-hydroxylation sites is 1. The number of hydrogen-bond donors (Lipinski definition) is 8. The number of H-pyrrole nitrogens is 1. The number of fused-ring (bicyclic) bond motifs is 1. The van der Waals surface area contributed by atoms with Gasteiger partial charge in [-0.1, -0.05) is 59.7 Å². The second kappa shape index (κ2) is 16.8. The molecule has 0 spiro atoms. The number of benzene rings is 1. The van der Waals surface area contributed by atoms with Gasteiger partial charge >= 0.3 is 5.97 Å². The molecule has 0 bridgehead atoms. The normalized spacial score (nSPS) is 15.0. The summed E-state index contributed by atoms with van der Waals surface area (Å²) in [6.45, 7) is 10.0. The Morgan fingerprint density at radius 1 is 0.773 bits per heavy atom. The molecule has 5 atom stereocenters. The van der Waals surface area contributed by atoms with Gasteiger partial charge in [0.2, 0.25) is 23.6 Å². The number of carbonyl (C=O) groups excluding carboxylic acids is 4. The van der Waals surface area contributed by atoms with Gasteiger partial charge in [0.15, 0.2) is 0 Å². The van der Waals surface area contributed by atoms with E-state index in [1.165, 1.54) is 0 Å². The summed E-state index contributed by atoms with van der Waals surface area (Å²) in [7, 11) is 0. The van der Waals surface area contributed by atoms with E-state index in [4.69, 9.17) is 5.73 Å². The van der Waals surface area contributed by atoms with E-state index in [0.717, 1.165) is 16.5 Å². The fourth-order valence-corrected chi connectivity index (χ4v) is 4.82. The third-order valence-electron chi connectivity index (χ3n) is 7.18.